The number of sulfonamides is 1. The number of likely N-dealkylation sites (tertiary alicyclic amines) is 1. The number of nitrogens with one attached hydrogen (secondary N) is 1. The molecule has 2 aromatic carbocycles. The van der Waals surface area contributed by atoms with Crippen LogP contribution in [0.4, 0.5) is 13.2 Å². The van der Waals surface area contributed by atoms with Gasteiger partial charge in [0.2, 0.25) is 10.0 Å². The molecule has 0 radical (unpaired) electrons. The summed E-state index contributed by atoms with van der Waals surface area (Å²) in [6.07, 6.45) is -2.52. The molecule has 2 heterocycles. The van der Waals surface area contributed by atoms with Gasteiger partial charge < -0.3 is 0 Å². The Morgan fingerprint density at radius 3 is 2.51 bits per heavy atom. The largest absolute Gasteiger partial charge is 0.416 e. The first-order valence-electron chi connectivity index (χ1n) is 12.3. The summed E-state index contributed by atoms with van der Waals surface area (Å²) in [6, 6.07) is 5.96. The van der Waals surface area contributed by atoms with Crippen molar-refractivity contribution in [1.29, 1.82) is 5.26 Å². The van der Waals surface area contributed by atoms with Crippen molar-refractivity contribution in [2.24, 2.45) is 0 Å². The van der Waals surface area contributed by atoms with Gasteiger partial charge >= 0.3 is 6.18 Å². The molecule has 0 bridgehead atoms. The van der Waals surface area contributed by atoms with Gasteiger partial charge in [-0.1, -0.05) is 18.5 Å². The van der Waals surface area contributed by atoms with Gasteiger partial charge in [0.05, 0.1) is 51.8 Å². The molecular weight excluding hydrogens is 607 g/mol. The average molecular weight is 632 g/mol. The summed E-state index contributed by atoms with van der Waals surface area (Å²) in [4.78, 5) is 19.1. The Labute approximate surface area is 239 Å². The average Bonchev–Trinajstić information content (AvgIpc) is 3.29. The van der Waals surface area contributed by atoms with E-state index in [4.69, 9.17) is 11.6 Å². The molecule has 1 aliphatic rings. The highest BCUT2D eigenvalue weighted by Gasteiger charge is 2.37. The maximum Gasteiger partial charge on any atom is 0.416 e. The lowest BCUT2D eigenvalue weighted by molar-refractivity contribution is -0.138. The fraction of sp³-hybridized carbons (Fsp3) is 0.400. The quantitative estimate of drug-likeness (QED) is 0.400. The van der Waals surface area contributed by atoms with Crippen molar-refractivity contribution < 1.29 is 30.0 Å². The van der Waals surface area contributed by atoms with E-state index in [0.717, 1.165) is 17.2 Å². The molecule has 0 unspecified atom stereocenters. The number of hydrogen-bond donors (Lipinski definition) is 1. The maximum absolute atomic E-state index is 14.3. The van der Waals surface area contributed by atoms with Crippen molar-refractivity contribution >= 4 is 42.4 Å². The van der Waals surface area contributed by atoms with Crippen LogP contribution >= 0.6 is 11.6 Å². The third kappa shape index (κ3) is 6.73. The Balaban J connectivity index is 1.81. The SMILES string of the molecule is CCS(=O)(=O)c1ccc(Cl)cc1Cn1cnc2c(C#N)c(CN3CC[C@@H](NS(C)(=O)=O)C3)c(C(F)(F)F)cc2c1=O. The number of alkyl halides is 3. The summed E-state index contributed by atoms with van der Waals surface area (Å²) in [5.74, 6) is -0.224. The van der Waals surface area contributed by atoms with Crippen LogP contribution in [0.1, 0.15) is 35.6 Å². The number of nitrogens with zero attached hydrogens (tertiary/aromatic N) is 4. The molecule has 1 fully saturated rings. The fourth-order valence-electron chi connectivity index (χ4n) is 4.91. The summed E-state index contributed by atoms with van der Waals surface area (Å²) in [5.41, 5.74) is -2.95. The first kappa shape index (κ1) is 30.9. The molecular formula is C25H25ClF3N5O5S2. The molecule has 41 heavy (non-hydrogen) atoms. The number of rotatable bonds is 8. The standard InChI is InChI=1S/C25H25ClF3N5O5S2/c1-3-41(38,39)22-5-4-16(26)8-15(22)11-34-14-31-23-18(24(34)35)9-21(25(27,28)29)20(19(23)10-30)13-33-7-6-17(12-33)32-40(2,36)37/h4-5,8-9,14,17,32H,3,6-7,11-13H2,1-2H3/t17-/m1/s1. The van der Waals surface area contributed by atoms with Crippen LogP contribution in [0.2, 0.25) is 5.02 Å². The first-order chi connectivity index (χ1) is 19.0. The molecule has 1 aromatic heterocycles. The molecule has 1 atom stereocenters. The van der Waals surface area contributed by atoms with Crippen LogP contribution in [0.25, 0.3) is 10.9 Å². The Morgan fingerprint density at radius 2 is 1.90 bits per heavy atom. The zero-order valence-corrected chi connectivity index (χ0v) is 24.3. The van der Waals surface area contributed by atoms with Gasteiger partial charge in [-0.15, -0.1) is 0 Å². The minimum atomic E-state index is -4.93. The summed E-state index contributed by atoms with van der Waals surface area (Å²) in [5, 5.41) is 9.65. The van der Waals surface area contributed by atoms with Gasteiger partial charge in [0.1, 0.15) is 6.07 Å². The van der Waals surface area contributed by atoms with Gasteiger partial charge in [-0.05, 0) is 41.8 Å². The second kappa shape index (κ2) is 11.3. The van der Waals surface area contributed by atoms with E-state index in [9.17, 15) is 40.1 Å². The predicted molar refractivity (Wildman–Crippen MR) is 146 cm³/mol. The topological polar surface area (TPSA) is 142 Å². The lowest BCUT2D eigenvalue weighted by Gasteiger charge is -2.22. The fourth-order valence-corrected chi connectivity index (χ4v) is 7.01. The zero-order chi connectivity index (χ0) is 30.3. The Kier molecular flexibility index (Phi) is 8.55. The van der Waals surface area contributed by atoms with Gasteiger partial charge in [0.25, 0.3) is 5.56 Å². The molecule has 4 rings (SSSR count). The molecule has 1 saturated heterocycles. The molecule has 1 N–H and O–H groups in total. The van der Waals surface area contributed by atoms with Crippen molar-refractivity contribution in [2.45, 2.75) is 43.5 Å². The number of fused-ring (bicyclic) bond motifs is 1. The van der Waals surface area contributed by atoms with E-state index in [1.165, 1.54) is 25.1 Å². The van der Waals surface area contributed by atoms with Gasteiger partial charge in [-0.2, -0.15) is 18.4 Å². The Morgan fingerprint density at radius 1 is 1.20 bits per heavy atom. The highest BCUT2D eigenvalue weighted by atomic mass is 35.5. The second-order valence-corrected chi connectivity index (χ2v) is 14.2. The lowest BCUT2D eigenvalue weighted by atomic mass is 9.97. The molecule has 220 valence electrons. The zero-order valence-electron chi connectivity index (χ0n) is 21.9. The van der Waals surface area contributed by atoms with E-state index in [-0.39, 0.29) is 58.5 Å². The smallest absolute Gasteiger partial charge is 0.297 e. The van der Waals surface area contributed by atoms with Crippen LogP contribution in [-0.4, -0.2) is 62.4 Å². The van der Waals surface area contributed by atoms with Crippen molar-refractivity contribution in [2.75, 3.05) is 25.1 Å². The molecule has 0 aliphatic carbocycles. The van der Waals surface area contributed by atoms with Gasteiger partial charge in [0, 0.05) is 30.7 Å². The van der Waals surface area contributed by atoms with E-state index >= 15 is 0 Å². The van der Waals surface area contributed by atoms with Crippen molar-refractivity contribution in [3.05, 3.63) is 68.2 Å². The number of nitriles is 1. The summed E-state index contributed by atoms with van der Waals surface area (Å²) >= 11 is 6.05. The highest BCUT2D eigenvalue weighted by Crippen LogP contribution is 2.37. The Hall–Kier alpha value is -3.03. The molecule has 0 saturated carbocycles. The number of benzene rings is 2. The Bertz CT molecular complexity index is 1840. The van der Waals surface area contributed by atoms with E-state index in [0.29, 0.717) is 12.5 Å². The van der Waals surface area contributed by atoms with Crippen LogP contribution in [0, 0.1) is 11.3 Å². The number of sulfone groups is 1. The third-order valence-corrected chi connectivity index (χ3v) is 9.58. The number of halogens is 4. The maximum atomic E-state index is 14.3. The lowest BCUT2D eigenvalue weighted by Crippen LogP contribution is -2.36. The molecule has 10 nitrogen and oxygen atoms in total. The van der Waals surface area contributed by atoms with E-state index in [1.807, 2.05) is 0 Å². The molecule has 16 heteroatoms. The molecule has 0 amide bonds. The van der Waals surface area contributed by atoms with Gasteiger partial charge in [-0.25, -0.2) is 26.5 Å². The van der Waals surface area contributed by atoms with Crippen LogP contribution in [0.5, 0.6) is 0 Å². The normalized spacial score (nSPS) is 16.8. The number of aromatic nitrogens is 2. The third-order valence-electron chi connectivity index (χ3n) is 6.76. The minimum Gasteiger partial charge on any atom is -0.297 e. The summed E-state index contributed by atoms with van der Waals surface area (Å²) in [7, 11) is -7.24. The van der Waals surface area contributed by atoms with Crippen molar-refractivity contribution in [1.82, 2.24) is 19.2 Å². The van der Waals surface area contributed by atoms with Crippen molar-refractivity contribution in [3.63, 3.8) is 0 Å². The van der Waals surface area contributed by atoms with E-state index < -0.39 is 54.2 Å². The van der Waals surface area contributed by atoms with Crippen molar-refractivity contribution in [3.8, 4) is 6.07 Å². The molecule has 0 spiro atoms. The van der Waals surface area contributed by atoms with E-state index in [2.05, 4.69) is 9.71 Å². The van der Waals surface area contributed by atoms with Crippen LogP contribution < -0.4 is 10.3 Å². The predicted octanol–water partition coefficient (Wildman–Crippen LogP) is 2.91. The summed E-state index contributed by atoms with van der Waals surface area (Å²) < 4.78 is 94.5. The molecule has 3 aromatic rings. The second-order valence-electron chi connectivity index (χ2n) is 9.73. The van der Waals surface area contributed by atoms with Crippen LogP contribution in [0.3, 0.4) is 0 Å². The van der Waals surface area contributed by atoms with E-state index in [1.54, 1.807) is 11.0 Å². The van der Waals surface area contributed by atoms with Gasteiger partial charge in [0.15, 0.2) is 9.84 Å². The van der Waals surface area contributed by atoms with Crippen LogP contribution in [-0.2, 0) is 39.1 Å². The molecule has 1 aliphatic heterocycles. The summed E-state index contributed by atoms with van der Waals surface area (Å²) in [6.45, 7) is 1.20. The van der Waals surface area contributed by atoms with Crippen LogP contribution in [0.15, 0.2) is 40.3 Å². The number of hydrogen-bond acceptors (Lipinski definition) is 8. The van der Waals surface area contributed by atoms with Gasteiger partial charge in [-0.3, -0.25) is 14.3 Å². The minimum absolute atomic E-state index is 0.0743. The monoisotopic (exact) mass is 631 g/mol. The highest BCUT2D eigenvalue weighted by molar-refractivity contribution is 7.91. The first-order valence-corrected chi connectivity index (χ1v) is 16.2.